The van der Waals surface area contributed by atoms with E-state index in [0.29, 0.717) is 12.2 Å². The number of hydrogen-bond donors (Lipinski definition) is 0. The second-order valence-electron chi connectivity index (χ2n) is 8.96. The summed E-state index contributed by atoms with van der Waals surface area (Å²) in [4.78, 5) is 22.6. The van der Waals surface area contributed by atoms with Crippen LogP contribution in [0.3, 0.4) is 0 Å². The van der Waals surface area contributed by atoms with Crippen LogP contribution < -0.4 is 9.47 Å². The summed E-state index contributed by atoms with van der Waals surface area (Å²) in [5.41, 5.74) is 4.51. The fraction of sp³-hybridized carbons (Fsp3) is 0.267. The van der Waals surface area contributed by atoms with Gasteiger partial charge in [-0.15, -0.1) is 0 Å². The average Bonchev–Trinajstić information content (AvgIpc) is 2.93. The van der Waals surface area contributed by atoms with Crippen molar-refractivity contribution < 1.29 is 14.3 Å². The van der Waals surface area contributed by atoms with E-state index in [1.165, 1.54) is 5.56 Å². The fourth-order valence-corrected chi connectivity index (χ4v) is 4.67. The van der Waals surface area contributed by atoms with Crippen molar-refractivity contribution in [2.75, 3.05) is 39.9 Å². The van der Waals surface area contributed by atoms with E-state index in [1.54, 1.807) is 7.11 Å². The Labute approximate surface area is 212 Å². The van der Waals surface area contributed by atoms with Crippen LogP contribution in [0.25, 0.3) is 22.2 Å². The van der Waals surface area contributed by atoms with E-state index in [4.69, 9.17) is 14.5 Å². The predicted molar refractivity (Wildman–Crippen MR) is 143 cm³/mol. The van der Waals surface area contributed by atoms with Crippen molar-refractivity contribution >= 4 is 16.8 Å². The summed E-state index contributed by atoms with van der Waals surface area (Å²) in [6, 6.07) is 25.9. The van der Waals surface area contributed by atoms with Gasteiger partial charge in [-0.2, -0.15) is 0 Å². The second kappa shape index (κ2) is 10.8. The summed E-state index contributed by atoms with van der Waals surface area (Å²) in [6.45, 7) is 6.56. The van der Waals surface area contributed by atoms with Crippen molar-refractivity contribution in [3.63, 3.8) is 0 Å². The van der Waals surface area contributed by atoms with Crippen molar-refractivity contribution in [3.8, 4) is 22.8 Å². The molecule has 0 saturated carbocycles. The molecule has 6 nitrogen and oxygen atoms in total. The van der Waals surface area contributed by atoms with Crippen molar-refractivity contribution in [1.29, 1.82) is 0 Å². The molecule has 1 fully saturated rings. The van der Waals surface area contributed by atoms with E-state index >= 15 is 0 Å². The molecule has 0 spiro atoms. The molecule has 1 saturated heterocycles. The van der Waals surface area contributed by atoms with Gasteiger partial charge in [0, 0.05) is 55.3 Å². The molecule has 5 rings (SSSR count). The number of carbonyl (C=O) groups excluding carboxylic acids is 1. The first-order chi connectivity index (χ1) is 17.6. The number of aromatic nitrogens is 1. The lowest BCUT2D eigenvalue weighted by atomic mass is 10.1. The zero-order valence-electron chi connectivity index (χ0n) is 20.8. The first-order valence-electron chi connectivity index (χ1n) is 12.4. The third-order valence-electron chi connectivity index (χ3n) is 6.59. The van der Waals surface area contributed by atoms with Crippen LogP contribution in [0, 0.1) is 0 Å². The molecule has 1 aliphatic heterocycles. The molecule has 3 aromatic carbocycles. The minimum Gasteiger partial charge on any atom is -0.497 e. The van der Waals surface area contributed by atoms with Crippen LogP contribution in [-0.2, 0) is 6.54 Å². The molecule has 0 aliphatic carbocycles. The number of rotatable bonds is 7. The van der Waals surface area contributed by atoms with E-state index < -0.39 is 0 Å². The minimum atomic E-state index is 0.0515. The van der Waals surface area contributed by atoms with Crippen molar-refractivity contribution in [2.24, 2.45) is 0 Å². The highest BCUT2D eigenvalue weighted by atomic mass is 16.5. The highest BCUT2D eigenvalue weighted by Gasteiger charge is 2.23. The third-order valence-corrected chi connectivity index (χ3v) is 6.59. The Bertz CT molecular complexity index is 1350. The molecule has 0 radical (unpaired) electrons. The summed E-state index contributed by atoms with van der Waals surface area (Å²) >= 11 is 0. The lowest BCUT2D eigenvalue weighted by Crippen LogP contribution is -2.48. The topological polar surface area (TPSA) is 54.9 Å². The molecule has 1 amide bonds. The van der Waals surface area contributed by atoms with E-state index in [9.17, 15) is 4.79 Å². The Kier molecular flexibility index (Phi) is 7.14. The molecule has 0 atom stereocenters. The number of ether oxygens (including phenoxy) is 2. The van der Waals surface area contributed by atoms with Crippen LogP contribution in [-0.4, -0.2) is 60.6 Å². The Hall–Kier alpha value is -3.90. The minimum absolute atomic E-state index is 0.0515. The Morgan fingerprint density at radius 1 is 0.917 bits per heavy atom. The van der Waals surface area contributed by atoms with E-state index in [1.807, 2.05) is 66.4 Å². The molecule has 184 valence electrons. The van der Waals surface area contributed by atoms with Gasteiger partial charge in [-0.1, -0.05) is 42.5 Å². The third kappa shape index (κ3) is 5.19. The van der Waals surface area contributed by atoms with E-state index in [2.05, 4.69) is 29.2 Å². The standard InChI is InChI=1S/C30H31N3O3/c1-3-36-29-20-28(23-10-7-11-25(18-23)35-2)31-27-13-12-24(19-26(27)29)30(34)33-16-14-32(15-17-33)21-22-8-5-4-6-9-22/h4-13,18-20H,3,14-17,21H2,1-2H3. The number of methoxy groups -OCH3 is 1. The van der Waals surface area contributed by atoms with Crippen molar-refractivity contribution in [3.05, 3.63) is 90.0 Å². The second-order valence-corrected chi connectivity index (χ2v) is 8.96. The maximum atomic E-state index is 13.4. The molecular formula is C30H31N3O3. The average molecular weight is 482 g/mol. The Morgan fingerprint density at radius 2 is 1.72 bits per heavy atom. The monoisotopic (exact) mass is 481 g/mol. The predicted octanol–water partition coefficient (Wildman–Crippen LogP) is 5.27. The van der Waals surface area contributed by atoms with Crippen LogP contribution in [0.2, 0.25) is 0 Å². The number of fused-ring (bicyclic) bond motifs is 1. The molecule has 2 heterocycles. The number of amides is 1. The van der Waals surface area contributed by atoms with Gasteiger partial charge in [0.2, 0.25) is 0 Å². The Morgan fingerprint density at radius 3 is 2.47 bits per heavy atom. The van der Waals surface area contributed by atoms with Gasteiger partial charge in [-0.25, -0.2) is 4.98 Å². The number of piperazine rings is 1. The first-order valence-corrected chi connectivity index (χ1v) is 12.4. The van der Waals surface area contributed by atoms with Gasteiger partial charge in [0.05, 0.1) is 24.9 Å². The maximum absolute atomic E-state index is 13.4. The van der Waals surface area contributed by atoms with Gasteiger partial charge in [-0.3, -0.25) is 9.69 Å². The summed E-state index contributed by atoms with van der Waals surface area (Å²) in [5, 5.41) is 0.844. The quantitative estimate of drug-likeness (QED) is 0.360. The SMILES string of the molecule is CCOc1cc(-c2cccc(OC)c2)nc2ccc(C(=O)N3CCN(Cc4ccccc4)CC3)cc12. The van der Waals surface area contributed by atoms with Gasteiger partial charge < -0.3 is 14.4 Å². The number of benzene rings is 3. The Balaban J connectivity index is 1.35. The molecule has 0 N–H and O–H groups in total. The highest BCUT2D eigenvalue weighted by Crippen LogP contribution is 2.32. The van der Waals surface area contributed by atoms with Crippen LogP contribution in [0.15, 0.2) is 78.9 Å². The van der Waals surface area contributed by atoms with Crippen LogP contribution in [0.5, 0.6) is 11.5 Å². The van der Waals surface area contributed by atoms with Gasteiger partial charge in [-0.05, 0) is 42.8 Å². The first kappa shape index (κ1) is 23.8. The van der Waals surface area contributed by atoms with Gasteiger partial charge >= 0.3 is 0 Å². The van der Waals surface area contributed by atoms with E-state index in [-0.39, 0.29) is 5.91 Å². The van der Waals surface area contributed by atoms with Crippen molar-refractivity contribution in [1.82, 2.24) is 14.8 Å². The molecular weight excluding hydrogens is 450 g/mol. The molecule has 6 heteroatoms. The lowest BCUT2D eigenvalue weighted by molar-refractivity contribution is 0.0628. The van der Waals surface area contributed by atoms with Gasteiger partial charge in [0.1, 0.15) is 11.5 Å². The molecule has 4 aromatic rings. The zero-order chi connectivity index (χ0) is 24.9. The molecule has 1 aromatic heterocycles. The van der Waals surface area contributed by atoms with Crippen LogP contribution >= 0.6 is 0 Å². The normalized spacial score (nSPS) is 14.1. The fourth-order valence-electron chi connectivity index (χ4n) is 4.67. The van der Waals surface area contributed by atoms with Gasteiger partial charge in [0.15, 0.2) is 0 Å². The maximum Gasteiger partial charge on any atom is 0.253 e. The number of nitrogens with zero attached hydrogens (tertiary/aromatic N) is 3. The smallest absolute Gasteiger partial charge is 0.253 e. The molecule has 0 bridgehead atoms. The highest BCUT2D eigenvalue weighted by molar-refractivity contribution is 6.00. The summed E-state index contributed by atoms with van der Waals surface area (Å²) < 4.78 is 11.4. The van der Waals surface area contributed by atoms with Crippen LogP contribution in [0.1, 0.15) is 22.8 Å². The molecule has 1 aliphatic rings. The van der Waals surface area contributed by atoms with Gasteiger partial charge in [0.25, 0.3) is 5.91 Å². The number of hydrogen-bond acceptors (Lipinski definition) is 5. The number of carbonyl (C=O) groups is 1. The number of pyridine rings is 1. The zero-order valence-corrected chi connectivity index (χ0v) is 20.8. The lowest BCUT2D eigenvalue weighted by Gasteiger charge is -2.34. The van der Waals surface area contributed by atoms with E-state index in [0.717, 1.165) is 66.4 Å². The van der Waals surface area contributed by atoms with Crippen molar-refractivity contribution in [2.45, 2.75) is 13.5 Å². The molecule has 36 heavy (non-hydrogen) atoms. The molecule has 0 unspecified atom stereocenters. The summed E-state index contributed by atoms with van der Waals surface area (Å²) in [5.74, 6) is 1.55. The van der Waals surface area contributed by atoms with Crippen LogP contribution in [0.4, 0.5) is 0 Å². The largest absolute Gasteiger partial charge is 0.497 e. The summed E-state index contributed by atoms with van der Waals surface area (Å²) in [7, 11) is 1.65. The summed E-state index contributed by atoms with van der Waals surface area (Å²) in [6.07, 6.45) is 0.